The number of aliphatic hydroxyl groups excluding tert-OH is 1. The lowest BCUT2D eigenvalue weighted by Crippen LogP contribution is -2.45. The van der Waals surface area contributed by atoms with E-state index in [9.17, 15) is 19.4 Å². The predicted molar refractivity (Wildman–Crippen MR) is 188 cm³/mol. The lowest BCUT2D eigenvalue weighted by atomic mass is 9.78. The number of hydrogen-bond donors (Lipinski definition) is 4. The summed E-state index contributed by atoms with van der Waals surface area (Å²) in [6, 6.07) is 7.27. The Hall–Kier alpha value is -3.41. The molecule has 11 heteroatoms. The molecular formula is C38H54FN7O3. The molecule has 1 aliphatic heterocycles. The molecule has 2 aromatic heterocycles. The Morgan fingerprint density at radius 2 is 1.94 bits per heavy atom. The highest BCUT2D eigenvalue weighted by Gasteiger charge is 2.32. The third-order valence-electron chi connectivity index (χ3n) is 11.4. The number of nitrogens with zero attached hydrogens (tertiary/aromatic N) is 5. The number of aryl methyl sites for hydroxylation is 2. The van der Waals surface area contributed by atoms with Crippen molar-refractivity contribution in [3.8, 4) is 0 Å². The molecule has 0 unspecified atom stereocenters. The molecule has 1 saturated heterocycles. The molecule has 1 aromatic carbocycles. The van der Waals surface area contributed by atoms with Crippen LogP contribution in [0.4, 0.5) is 10.2 Å². The van der Waals surface area contributed by atoms with Crippen molar-refractivity contribution < 1.29 is 19.4 Å². The normalized spacial score (nSPS) is 24.2. The maximum atomic E-state index is 14.3. The van der Waals surface area contributed by atoms with E-state index in [1.165, 1.54) is 6.07 Å². The number of aliphatic hydroxyl groups is 1. The molecule has 0 radical (unpaired) electrons. The van der Waals surface area contributed by atoms with Crippen LogP contribution in [0, 0.1) is 17.7 Å². The molecule has 266 valence electrons. The second-order valence-corrected chi connectivity index (χ2v) is 14.4. The largest absolute Gasteiger partial charge is 0.481 e. The summed E-state index contributed by atoms with van der Waals surface area (Å²) in [7, 11) is 0. The summed E-state index contributed by atoms with van der Waals surface area (Å²) in [6.45, 7) is 7.39. The Bertz CT molecular complexity index is 1540. The maximum absolute atomic E-state index is 14.3. The minimum atomic E-state index is -0.672. The third kappa shape index (κ3) is 8.67. The van der Waals surface area contributed by atoms with Crippen LogP contribution in [-0.4, -0.2) is 72.6 Å². The van der Waals surface area contributed by atoms with Gasteiger partial charge in [-0.3, -0.25) is 14.4 Å². The second-order valence-electron chi connectivity index (χ2n) is 14.4. The number of aromatic nitrogens is 4. The summed E-state index contributed by atoms with van der Waals surface area (Å²) in [5.74, 6) is 1.07. The van der Waals surface area contributed by atoms with Crippen LogP contribution in [0.5, 0.6) is 0 Å². The van der Waals surface area contributed by atoms with Crippen LogP contribution in [0.2, 0.25) is 0 Å². The highest BCUT2D eigenvalue weighted by Crippen LogP contribution is 2.37. The molecule has 0 amide bonds. The molecule has 3 aromatic rings. The van der Waals surface area contributed by atoms with E-state index in [1.54, 1.807) is 12.1 Å². The fourth-order valence-electron chi connectivity index (χ4n) is 8.41. The van der Waals surface area contributed by atoms with Crippen molar-refractivity contribution in [2.45, 2.75) is 122 Å². The van der Waals surface area contributed by atoms with Gasteiger partial charge in [-0.15, -0.1) is 0 Å². The quantitative estimate of drug-likeness (QED) is 0.166. The number of nitrogens with one attached hydrogen (secondary N) is 2. The molecule has 3 aliphatic rings. The number of piperidine rings is 1. The Labute approximate surface area is 289 Å². The number of aliphatic carboxylic acids is 1. The van der Waals surface area contributed by atoms with E-state index in [4.69, 9.17) is 9.97 Å². The van der Waals surface area contributed by atoms with Gasteiger partial charge in [0, 0.05) is 48.2 Å². The van der Waals surface area contributed by atoms with Crippen molar-refractivity contribution in [3.05, 3.63) is 70.7 Å². The molecule has 2 fully saturated rings. The molecule has 1 saturated carbocycles. The molecule has 4 N–H and O–H groups in total. The fraction of sp³-hybridized carbons (Fsp3) is 0.632. The Balaban J connectivity index is 1.29. The number of anilines is 1. The molecule has 10 nitrogen and oxygen atoms in total. The second kappa shape index (κ2) is 16.5. The first-order valence-electron chi connectivity index (χ1n) is 18.6. The topological polar surface area (TPSA) is 128 Å². The number of benzene rings is 1. The van der Waals surface area contributed by atoms with Gasteiger partial charge in [0.2, 0.25) is 0 Å². The molecule has 6 rings (SSSR count). The summed E-state index contributed by atoms with van der Waals surface area (Å²) in [6.07, 6.45) is 13.9. The fourth-order valence-corrected chi connectivity index (χ4v) is 8.41. The van der Waals surface area contributed by atoms with Gasteiger partial charge in [0.15, 0.2) is 0 Å². The highest BCUT2D eigenvalue weighted by molar-refractivity contribution is 5.70. The predicted octanol–water partition coefficient (Wildman–Crippen LogP) is 5.86. The minimum absolute atomic E-state index is 0.102. The summed E-state index contributed by atoms with van der Waals surface area (Å²) in [5.41, 5.74) is 4.22. The molecule has 2 aliphatic carbocycles. The number of hydrogen-bond acceptors (Lipinski definition) is 8. The Morgan fingerprint density at radius 1 is 1.10 bits per heavy atom. The molecular weight excluding hydrogens is 621 g/mol. The Kier molecular flexibility index (Phi) is 11.9. The standard InChI is InChI=1S/C38H54FN7O3/c1-3-33(25-11-13-26(14-12-25)38(48)49)40-21-36-42-34-16-15-28(27-8-7-9-30(39)18-27)19-32(34)37(44-36)43-35(29-20-41-46(4-2)22-29)23-45-17-6-5-10-31(45)24-47/h7-9,18,20,22,25-26,28,31,33,35,40,47H,3-6,10-17,19,21,23-24H2,1-2H3,(H,48,49)(H,42,43,44)/t25?,26?,28-,31-,33-,35+/m1/s1. The van der Waals surface area contributed by atoms with Crippen LogP contribution in [-0.2, 0) is 30.7 Å². The van der Waals surface area contributed by atoms with Crippen molar-refractivity contribution in [2.75, 3.05) is 25.0 Å². The maximum Gasteiger partial charge on any atom is 0.306 e. The Morgan fingerprint density at radius 3 is 2.65 bits per heavy atom. The van der Waals surface area contributed by atoms with E-state index in [0.717, 1.165) is 124 Å². The summed E-state index contributed by atoms with van der Waals surface area (Å²) in [5, 5.41) is 31.9. The summed E-state index contributed by atoms with van der Waals surface area (Å²) >= 11 is 0. The number of halogens is 1. The first kappa shape index (κ1) is 35.4. The first-order valence-corrected chi connectivity index (χ1v) is 18.6. The molecule has 49 heavy (non-hydrogen) atoms. The zero-order valence-corrected chi connectivity index (χ0v) is 29.2. The lowest BCUT2D eigenvalue weighted by Gasteiger charge is -2.37. The van der Waals surface area contributed by atoms with Gasteiger partial charge in [0.25, 0.3) is 0 Å². The lowest BCUT2D eigenvalue weighted by molar-refractivity contribution is -0.143. The van der Waals surface area contributed by atoms with Crippen LogP contribution in [0.25, 0.3) is 0 Å². The zero-order chi connectivity index (χ0) is 34.3. The van der Waals surface area contributed by atoms with Crippen LogP contribution >= 0.6 is 0 Å². The van der Waals surface area contributed by atoms with Gasteiger partial charge in [0.05, 0.1) is 31.3 Å². The SMILES string of the molecule is CC[C@@H](NCc1nc2c(c(N[C@@H](CN3CCCC[C@@H]3CO)c3cnn(CC)c3)n1)C[C@H](c1cccc(F)c1)CC2)C1CCC(C(=O)O)CC1. The zero-order valence-electron chi connectivity index (χ0n) is 29.2. The average molecular weight is 676 g/mol. The van der Waals surface area contributed by atoms with E-state index < -0.39 is 5.97 Å². The minimum Gasteiger partial charge on any atom is -0.481 e. The van der Waals surface area contributed by atoms with Crippen LogP contribution in [0.1, 0.15) is 112 Å². The van der Waals surface area contributed by atoms with Gasteiger partial charge in [-0.2, -0.15) is 5.10 Å². The highest BCUT2D eigenvalue weighted by atomic mass is 19.1. The van der Waals surface area contributed by atoms with Crippen molar-refractivity contribution in [1.82, 2.24) is 30.0 Å². The van der Waals surface area contributed by atoms with Crippen LogP contribution in [0.15, 0.2) is 36.7 Å². The number of carboxylic acid groups (broad SMARTS) is 1. The monoisotopic (exact) mass is 675 g/mol. The van der Waals surface area contributed by atoms with Crippen molar-refractivity contribution >= 4 is 11.8 Å². The van der Waals surface area contributed by atoms with Gasteiger partial charge in [-0.25, -0.2) is 14.4 Å². The number of fused-ring (bicyclic) bond motifs is 1. The van der Waals surface area contributed by atoms with Gasteiger partial charge < -0.3 is 20.8 Å². The van der Waals surface area contributed by atoms with E-state index in [0.29, 0.717) is 12.5 Å². The van der Waals surface area contributed by atoms with Gasteiger partial charge in [-0.05, 0) is 107 Å². The van der Waals surface area contributed by atoms with E-state index in [-0.39, 0.29) is 42.4 Å². The van der Waals surface area contributed by atoms with E-state index >= 15 is 0 Å². The van der Waals surface area contributed by atoms with Gasteiger partial charge >= 0.3 is 5.97 Å². The van der Waals surface area contributed by atoms with Crippen molar-refractivity contribution in [1.29, 1.82) is 0 Å². The molecule has 4 atom stereocenters. The number of carbonyl (C=O) groups is 1. The summed E-state index contributed by atoms with van der Waals surface area (Å²) in [4.78, 5) is 24.3. The number of carboxylic acids is 1. The molecule has 3 heterocycles. The average Bonchev–Trinajstić information content (AvgIpc) is 3.61. The van der Waals surface area contributed by atoms with Gasteiger partial charge in [-0.1, -0.05) is 25.5 Å². The molecule has 0 spiro atoms. The summed E-state index contributed by atoms with van der Waals surface area (Å²) < 4.78 is 16.2. The van der Waals surface area contributed by atoms with E-state index in [1.807, 2.05) is 16.9 Å². The number of rotatable bonds is 14. The molecule has 0 bridgehead atoms. The van der Waals surface area contributed by atoms with Crippen molar-refractivity contribution in [2.24, 2.45) is 11.8 Å². The smallest absolute Gasteiger partial charge is 0.306 e. The van der Waals surface area contributed by atoms with Crippen molar-refractivity contribution in [3.63, 3.8) is 0 Å². The number of likely N-dealkylation sites (tertiary alicyclic amines) is 1. The van der Waals surface area contributed by atoms with Crippen LogP contribution in [0.3, 0.4) is 0 Å². The third-order valence-corrected chi connectivity index (χ3v) is 11.4. The van der Waals surface area contributed by atoms with Crippen LogP contribution < -0.4 is 10.6 Å². The first-order chi connectivity index (χ1) is 23.8. The van der Waals surface area contributed by atoms with E-state index in [2.05, 4.69) is 40.7 Å². The van der Waals surface area contributed by atoms with Gasteiger partial charge in [0.1, 0.15) is 17.5 Å².